The van der Waals surface area contributed by atoms with Crippen LogP contribution in [0.3, 0.4) is 0 Å². The van der Waals surface area contributed by atoms with Crippen LogP contribution in [0.2, 0.25) is 0 Å². The van der Waals surface area contributed by atoms with Crippen molar-refractivity contribution < 1.29 is 39.2 Å². The predicted octanol–water partition coefficient (Wildman–Crippen LogP) is 1.08. The number of hydrogen-bond donors (Lipinski definition) is 8. The van der Waals surface area contributed by atoms with Crippen molar-refractivity contribution >= 4 is 23.9 Å². The van der Waals surface area contributed by atoms with Gasteiger partial charge in [-0.2, -0.15) is 0 Å². The molecule has 218 valence electrons. The molecule has 1 aliphatic rings. The molecule has 0 aromatic heterocycles. The lowest BCUT2D eigenvalue weighted by Crippen LogP contribution is -2.65. The highest BCUT2D eigenvalue weighted by Gasteiger charge is 2.46. The maximum Gasteiger partial charge on any atom is 0.407 e. The molecule has 0 saturated heterocycles. The first kappa shape index (κ1) is 33.0. The second-order valence-electron chi connectivity index (χ2n) is 9.46. The lowest BCUT2D eigenvalue weighted by atomic mass is 9.92. The van der Waals surface area contributed by atoms with Gasteiger partial charge >= 0.3 is 12.1 Å². The Hall–Kier alpha value is -3.06. The Kier molecular flexibility index (Phi) is 15.8. The molecule has 13 heteroatoms. The lowest BCUT2D eigenvalue weighted by molar-refractivity contribution is -0.146. The number of unbranched alkanes of at least 4 members (excludes halogenated alkanes) is 9. The lowest BCUT2D eigenvalue weighted by Gasteiger charge is -2.41. The molecule has 0 spiro atoms. The number of carbonyl (C=O) groups excluding carboxylic acids is 2. The summed E-state index contributed by atoms with van der Waals surface area (Å²) in [6, 6.07) is -2.16. The number of aliphatic carboxylic acids is 1. The van der Waals surface area contributed by atoms with Crippen LogP contribution in [0.4, 0.5) is 4.79 Å². The summed E-state index contributed by atoms with van der Waals surface area (Å²) < 4.78 is 10.8. The number of nitrogens with one attached hydrogen (secondary N) is 4. The summed E-state index contributed by atoms with van der Waals surface area (Å²) in [5.41, 5.74) is 5.41. The number of rotatable bonds is 18. The Morgan fingerprint density at radius 1 is 1.08 bits per heavy atom. The standard InChI is InChI=1S/C25H45N5O8/c1-3-4-5-6-7-8-9-10-11-12-13-28-25(36)38-21(18(33)15-31)22-20(29-16(2)32)17(30-24(26)27)14-19(37-22)23(34)35/h14,17-18,20-22,31,33H,3-13,15H2,1-2H3,(H,28,36)(H,29,32)(H,34,35)(H4,26,27,30)/t17-,18?,20+,21?,22+/m0/s1. The molecule has 38 heavy (non-hydrogen) atoms. The van der Waals surface area contributed by atoms with Crippen LogP contribution in [0.25, 0.3) is 0 Å². The zero-order valence-corrected chi connectivity index (χ0v) is 22.4. The van der Waals surface area contributed by atoms with E-state index in [0.29, 0.717) is 6.54 Å². The van der Waals surface area contributed by atoms with Crippen LogP contribution in [-0.4, -0.2) is 82.8 Å². The van der Waals surface area contributed by atoms with Gasteiger partial charge in [-0.25, -0.2) is 9.59 Å². The third kappa shape index (κ3) is 12.5. The van der Waals surface area contributed by atoms with E-state index in [4.69, 9.17) is 20.6 Å². The zero-order chi connectivity index (χ0) is 28.5. The van der Waals surface area contributed by atoms with E-state index in [0.717, 1.165) is 31.8 Å². The number of nitrogens with two attached hydrogens (primary N) is 1. The van der Waals surface area contributed by atoms with E-state index >= 15 is 0 Å². The number of carboxylic acid groups (broad SMARTS) is 1. The van der Waals surface area contributed by atoms with Gasteiger partial charge in [0.1, 0.15) is 6.10 Å². The number of carboxylic acids is 1. The Balaban J connectivity index is 2.75. The van der Waals surface area contributed by atoms with Crippen molar-refractivity contribution in [1.82, 2.24) is 16.0 Å². The van der Waals surface area contributed by atoms with Gasteiger partial charge in [0.2, 0.25) is 11.7 Å². The van der Waals surface area contributed by atoms with Crippen molar-refractivity contribution in [3.63, 3.8) is 0 Å². The van der Waals surface area contributed by atoms with Crippen molar-refractivity contribution in [2.75, 3.05) is 13.2 Å². The van der Waals surface area contributed by atoms with Gasteiger partial charge in [0.25, 0.3) is 0 Å². The van der Waals surface area contributed by atoms with Crippen molar-refractivity contribution in [3.8, 4) is 0 Å². The van der Waals surface area contributed by atoms with E-state index in [1.54, 1.807) is 0 Å². The fourth-order valence-electron chi connectivity index (χ4n) is 4.28. The Labute approximate surface area is 224 Å². The summed E-state index contributed by atoms with van der Waals surface area (Å²) in [6.07, 6.45) is 6.90. The Morgan fingerprint density at radius 2 is 1.66 bits per heavy atom. The molecule has 13 nitrogen and oxygen atoms in total. The molecule has 0 aliphatic carbocycles. The van der Waals surface area contributed by atoms with Crippen molar-refractivity contribution in [2.45, 2.75) is 108 Å². The quantitative estimate of drug-likeness (QED) is 0.0699. The summed E-state index contributed by atoms with van der Waals surface area (Å²) in [5.74, 6) is -3.08. The molecule has 1 heterocycles. The molecule has 0 bridgehead atoms. The van der Waals surface area contributed by atoms with E-state index in [9.17, 15) is 29.7 Å². The van der Waals surface area contributed by atoms with Crippen LogP contribution in [0.1, 0.15) is 78.1 Å². The summed E-state index contributed by atoms with van der Waals surface area (Å²) in [6.45, 7) is 2.89. The van der Waals surface area contributed by atoms with Crippen LogP contribution < -0.4 is 21.7 Å². The smallest absolute Gasteiger partial charge is 0.407 e. The molecule has 2 amide bonds. The second kappa shape index (κ2) is 18.2. The Bertz CT molecular complexity index is 794. The molecule has 9 N–H and O–H groups in total. The topological polar surface area (TPSA) is 216 Å². The summed E-state index contributed by atoms with van der Waals surface area (Å²) >= 11 is 0. The fourth-order valence-corrected chi connectivity index (χ4v) is 4.28. The minimum absolute atomic E-state index is 0.326. The predicted molar refractivity (Wildman–Crippen MR) is 140 cm³/mol. The van der Waals surface area contributed by atoms with Gasteiger partial charge < -0.3 is 46.5 Å². The molecule has 2 unspecified atom stereocenters. The number of guanidine groups is 1. The van der Waals surface area contributed by atoms with E-state index in [1.807, 2.05) is 0 Å². The van der Waals surface area contributed by atoms with Gasteiger partial charge in [0.15, 0.2) is 18.2 Å². The highest BCUT2D eigenvalue weighted by Crippen LogP contribution is 2.25. The number of hydrogen-bond acceptors (Lipinski definition) is 8. The largest absolute Gasteiger partial charge is 0.477 e. The van der Waals surface area contributed by atoms with Gasteiger partial charge in [-0.15, -0.1) is 0 Å². The number of amides is 2. The number of carbonyl (C=O) groups is 3. The molecule has 0 radical (unpaired) electrons. The molecule has 1 aliphatic heterocycles. The number of aliphatic hydroxyl groups is 2. The molecular weight excluding hydrogens is 498 g/mol. The van der Waals surface area contributed by atoms with Crippen LogP contribution in [0.5, 0.6) is 0 Å². The second-order valence-corrected chi connectivity index (χ2v) is 9.46. The molecule has 0 aromatic carbocycles. The Morgan fingerprint density at radius 3 is 2.16 bits per heavy atom. The van der Waals surface area contributed by atoms with Crippen LogP contribution >= 0.6 is 0 Å². The van der Waals surface area contributed by atoms with Crippen molar-refractivity contribution in [3.05, 3.63) is 11.8 Å². The van der Waals surface area contributed by atoms with E-state index < -0.39 is 66.7 Å². The first-order chi connectivity index (χ1) is 18.1. The molecule has 0 saturated carbocycles. The summed E-state index contributed by atoms with van der Waals surface area (Å²) in [5, 5.41) is 44.7. The molecule has 0 fully saturated rings. The molecule has 0 aromatic rings. The van der Waals surface area contributed by atoms with E-state index in [2.05, 4.69) is 22.9 Å². The fraction of sp³-hybridized carbons (Fsp3) is 0.760. The number of alkyl carbamates (subject to hydrolysis) is 1. The van der Waals surface area contributed by atoms with E-state index in [1.165, 1.54) is 45.4 Å². The SMILES string of the molecule is CCCCCCCCCCCCNC(=O)OC(C(O)CO)[C@@H]1OC(C(=O)O)=C[C@H](NC(=N)N)[C@H]1NC(C)=O. The summed E-state index contributed by atoms with van der Waals surface area (Å²) in [4.78, 5) is 36.0. The molecule has 1 rings (SSSR count). The van der Waals surface area contributed by atoms with Crippen LogP contribution in [0, 0.1) is 5.41 Å². The van der Waals surface area contributed by atoms with Crippen molar-refractivity contribution in [1.29, 1.82) is 5.41 Å². The highest BCUT2D eigenvalue weighted by molar-refractivity contribution is 5.85. The average Bonchev–Trinajstić information content (AvgIpc) is 2.85. The van der Waals surface area contributed by atoms with Gasteiger partial charge in [-0.05, 0) is 12.5 Å². The van der Waals surface area contributed by atoms with E-state index in [-0.39, 0.29) is 0 Å². The molecule has 5 atom stereocenters. The zero-order valence-electron chi connectivity index (χ0n) is 22.4. The van der Waals surface area contributed by atoms with Crippen molar-refractivity contribution in [2.24, 2.45) is 5.73 Å². The minimum Gasteiger partial charge on any atom is -0.477 e. The van der Waals surface area contributed by atoms with Gasteiger partial charge in [-0.1, -0.05) is 64.7 Å². The maximum absolute atomic E-state index is 12.5. The highest BCUT2D eigenvalue weighted by atomic mass is 16.6. The number of ether oxygens (including phenoxy) is 2. The summed E-state index contributed by atoms with van der Waals surface area (Å²) in [7, 11) is 0. The average molecular weight is 544 g/mol. The van der Waals surface area contributed by atoms with Crippen LogP contribution in [0.15, 0.2) is 11.8 Å². The number of aliphatic hydroxyl groups excluding tert-OH is 2. The normalized spacial score (nSPS) is 20.3. The maximum atomic E-state index is 12.5. The first-order valence-electron chi connectivity index (χ1n) is 13.3. The monoisotopic (exact) mass is 543 g/mol. The third-order valence-electron chi connectivity index (χ3n) is 6.17. The van der Waals surface area contributed by atoms with Gasteiger partial charge in [0, 0.05) is 13.5 Å². The third-order valence-corrected chi connectivity index (χ3v) is 6.17. The first-order valence-corrected chi connectivity index (χ1v) is 13.3. The van der Waals surface area contributed by atoms with Crippen LogP contribution in [-0.2, 0) is 19.1 Å². The minimum atomic E-state index is -1.66. The van der Waals surface area contributed by atoms with Gasteiger partial charge in [-0.3, -0.25) is 10.2 Å². The van der Waals surface area contributed by atoms with Gasteiger partial charge in [0.05, 0.1) is 18.7 Å². The molecular formula is C25H45N5O8.